The number of aromatic nitrogens is 3. The number of nitrogens with zero attached hydrogens (tertiary/aromatic N) is 3. The molecule has 0 aliphatic rings. The van der Waals surface area contributed by atoms with Crippen molar-refractivity contribution in [1.29, 1.82) is 0 Å². The van der Waals surface area contributed by atoms with Crippen LogP contribution in [0.1, 0.15) is 11.3 Å². The lowest BCUT2D eigenvalue weighted by atomic mass is 10.2. The topological polar surface area (TPSA) is 50.9 Å². The zero-order valence-electron chi connectivity index (χ0n) is 10.9. The Labute approximate surface area is 125 Å². The first-order valence-electron chi connectivity index (χ1n) is 5.98. The molecule has 0 saturated heterocycles. The number of hydrogen-bond acceptors (Lipinski definition) is 3. The smallest absolute Gasteiger partial charge is 0.160 e. The van der Waals surface area contributed by atoms with Gasteiger partial charge in [-0.15, -0.1) is 0 Å². The Kier molecular flexibility index (Phi) is 3.07. The maximum Gasteiger partial charge on any atom is 0.160 e. The van der Waals surface area contributed by atoms with E-state index < -0.39 is 0 Å². The number of hydrogen-bond donors (Lipinski definition) is 1. The van der Waals surface area contributed by atoms with Crippen LogP contribution in [-0.4, -0.2) is 19.9 Å². The van der Waals surface area contributed by atoms with Crippen LogP contribution in [0.4, 0.5) is 0 Å². The van der Waals surface area contributed by atoms with E-state index in [0.29, 0.717) is 21.7 Å². The summed E-state index contributed by atoms with van der Waals surface area (Å²) in [5.41, 5.74) is 2.37. The maximum absolute atomic E-state index is 10.0. The molecule has 0 spiro atoms. The van der Waals surface area contributed by atoms with Crippen LogP contribution in [0.25, 0.3) is 16.7 Å². The minimum atomic E-state index is -0.0754. The van der Waals surface area contributed by atoms with Gasteiger partial charge in [0, 0.05) is 11.6 Å². The fraction of sp³-hybridized carbons (Fsp3) is 0.143. The molecule has 2 aromatic heterocycles. The molecule has 2 heterocycles. The lowest BCUT2D eigenvalue weighted by molar-refractivity contribution is 0.480. The summed E-state index contributed by atoms with van der Waals surface area (Å²) in [5, 5.41) is 15.7. The molecule has 0 aliphatic heterocycles. The third-order valence-electron chi connectivity index (χ3n) is 3.22. The molecule has 0 radical (unpaired) electrons. The molecule has 4 nitrogen and oxygen atoms in total. The Balaban J connectivity index is 2.27. The average Bonchev–Trinajstić information content (AvgIpc) is 2.76. The Hall–Kier alpha value is -1.78. The number of phenols is 1. The summed E-state index contributed by atoms with van der Waals surface area (Å²) in [5.74, 6) is 0.524. The van der Waals surface area contributed by atoms with Crippen molar-refractivity contribution >= 4 is 34.1 Å². The predicted octanol–water partition coefficient (Wildman–Crippen LogP) is 4.05. The van der Waals surface area contributed by atoms with E-state index >= 15 is 0 Å². The lowest BCUT2D eigenvalue weighted by Gasteiger charge is -2.07. The Morgan fingerprint density at radius 3 is 2.55 bits per heavy atom. The summed E-state index contributed by atoms with van der Waals surface area (Å²) in [4.78, 5) is 4.40. The fourth-order valence-electron chi connectivity index (χ4n) is 1.98. The molecule has 0 aliphatic carbocycles. The number of aryl methyl sites for hydroxylation is 2. The zero-order chi connectivity index (χ0) is 14.4. The van der Waals surface area contributed by atoms with Gasteiger partial charge in [0.25, 0.3) is 0 Å². The molecule has 0 bridgehead atoms. The van der Waals surface area contributed by atoms with Crippen molar-refractivity contribution in [2.75, 3.05) is 0 Å². The first kappa shape index (κ1) is 13.2. The number of pyridine rings is 1. The number of aromatic hydroxyl groups is 1. The van der Waals surface area contributed by atoms with Crippen LogP contribution in [0.5, 0.6) is 5.75 Å². The third-order valence-corrected chi connectivity index (χ3v) is 3.82. The van der Waals surface area contributed by atoms with Gasteiger partial charge >= 0.3 is 0 Å². The molecule has 1 aromatic carbocycles. The van der Waals surface area contributed by atoms with Gasteiger partial charge in [-0.05, 0) is 37.6 Å². The molecule has 0 amide bonds. The highest BCUT2D eigenvalue weighted by molar-refractivity contribution is 6.39. The van der Waals surface area contributed by atoms with Gasteiger partial charge in [-0.25, -0.2) is 9.67 Å². The second kappa shape index (κ2) is 4.65. The Morgan fingerprint density at radius 2 is 1.90 bits per heavy atom. The van der Waals surface area contributed by atoms with E-state index in [1.54, 1.807) is 16.8 Å². The molecule has 0 saturated carbocycles. The Bertz CT molecular complexity index is 807. The van der Waals surface area contributed by atoms with Crippen LogP contribution in [0.2, 0.25) is 10.0 Å². The minimum absolute atomic E-state index is 0.0754. The molecule has 3 rings (SSSR count). The van der Waals surface area contributed by atoms with Crippen LogP contribution in [-0.2, 0) is 0 Å². The number of halogens is 2. The van der Waals surface area contributed by atoms with Gasteiger partial charge in [0.15, 0.2) is 11.6 Å². The summed E-state index contributed by atoms with van der Waals surface area (Å²) in [7, 11) is 0. The second-order valence-corrected chi connectivity index (χ2v) is 5.41. The predicted molar refractivity (Wildman–Crippen MR) is 80.0 cm³/mol. The zero-order valence-corrected chi connectivity index (χ0v) is 12.4. The standard InChI is InChI=1S/C14H11Cl2N3O/c1-7-6-19(18-8(7)2)12-4-3-9-10(15)5-11(16)14(20)13(9)17-12/h3-6,20H,1-2H3. The van der Waals surface area contributed by atoms with Crippen molar-refractivity contribution in [3.05, 3.63) is 45.7 Å². The van der Waals surface area contributed by atoms with Crippen molar-refractivity contribution in [3.8, 4) is 11.6 Å². The highest BCUT2D eigenvalue weighted by Crippen LogP contribution is 2.36. The first-order valence-corrected chi connectivity index (χ1v) is 6.74. The van der Waals surface area contributed by atoms with E-state index in [0.717, 1.165) is 11.3 Å². The highest BCUT2D eigenvalue weighted by atomic mass is 35.5. The molecular weight excluding hydrogens is 297 g/mol. The summed E-state index contributed by atoms with van der Waals surface area (Å²) in [6.45, 7) is 3.91. The van der Waals surface area contributed by atoms with Gasteiger partial charge in [0.05, 0.1) is 15.7 Å². The maximum atomic E-state index is 10.0. The first-order chi connectivity index (χ1) is 9.47. The highest BCUT2D eigenvalue weighted by Gasteiger charge is 2.12. The van der Waals surface area contributed by atoms with E-state index in [2.05, 4.69) is 10.1 Å². The lowest BCUT2D eigenvalue weighted by Crippen LogP contribution is -1.98. The van der Waals surface area contributed by atoms with Gasteiger partial charge in [-0.1, -0.05) is 23.2 Å². The van der Waals surface area contributed by atoms with Crippen molar-refractivity contribution in [1.82, 2.24) is 14.8 Å². The second-order valence-electron chi connectivity index (χ2n) is 4.60. The van der Waals surface area contributed by atoms with Gasteiger partial charge in [0.2, 0.25) is 0 Å². The molecule has 20 heavy (non-hydrogen) atoms. The largest absolute Gasteiger partial charge is 0.504 e. The van der Waals surface area contributed by atoms with Crippen LogP contribution in [0.15, 0.2) is 24.4 Å². The average molecular weight is 308 g/mol. The van der Waals surface area contributed by atoms with Crippen molar-refractivity contribution < 1.29 is 5.11 Å². The number of benzene rings is 1. The fourth-order valence-corrected chi connectivity index (χ4v) is 2.50. The van der Waals surface area contributed by atoms with Crippen molar-refractivity contribution in [3.63, 3.8) is 0 Å². The van der Waals surface area contributed by atoms with Crippen LogP contribution in [0, 0.1) is 13.8 Å². The number of phenolic OH excluding ortho intramolecular Hbond substituents is 1. The van der Waals surface area contributed by atoms with Crippen molar-refractivity contribution in [2.24, 2.45) is 0 Å². The van der Waals surface area contributed by atoms with E-state index in [1.165, 1.54) is 6.07 Å². The summed E-state index contributed by atoms with van der Waals surface area (Å²) in [6, 6.07) is 5.10. The summed E-state index contributed by atoms with van der Waals surface area (Å²) < 4.78 is 1.67. The number of fused-ring (bicyclic) bond motifs is 1. The van der Waals surface area contributed by atoms with Gasteiger partial charge in [0.1, 0.15) is 5.52 Å². The summed E-state index contributed by atoms with van der Waals surface area (Å²) in [6.07, 6.45) is 1.88. The number of rotatable bonds is 1. The molecule has 0 unspecified atom stereocenters. The molecule has 3 aromatic rings. The van der Waals surface area contributed by atoms with Crippen molar-refractivity contribution in [2.45, 2.75) is 13.8 Å². The SMILES string of the molecule is Cc1cn(-c2ccc3c(Cl)cc(Cl)c(O)c3n2)nc1C. The molecule has 6 heteroatoms. The summed E-state index contributed by atoms with van der Waals surface area (Å²) >= 11 is 12.0. The van der Waals surface area contributed by atoms with Crippen LogP contribution >= 0.6 is 23.2 Å². The van der Waals surface area contributed by atoms with E-state index in [-0.39, 0.29) is 10.8 Å². The molecule has 0 fully saturated rings. The molecular formula is C14H11Cl2N3O. The normalized spacial score (nSPS) is 11.2. The van der Waals surface area contributed by atoms with Gasteiger partial charge < -0.3 is 5.11 Å². The minimum Gasteiger partial charge on any atom is -0.504 e. The van der Waals surface area contributed by atoms with E-state index in [4.69, 9.17) is 23.2 Å². The van der Waals surface area contributed by atoms with E-state index in [9.17, 15) is 5.11 Å². The Morgan fingerprint density at radius 1 is 1.15 bits per heavy atom. The monoisotopic (exact) mass is 307 g/mol. The van der Waals surface area contributed by atoms with Crippen LogP contribution in [0.3, 0.4) is 0 Å². The van der Waals surface area contributed by atoms with Gasteiger partial charge in [-0.3, -0.25) is 0 Å². The molecule has 0 atom stereocenters. The third kappa shape index (κ3) is 2.01. The van der Waals surface area contributed by atoms with Crippen LogP contribution < -0.4 is 0 Å². The molecule has 102 valence electrons. The van der Waals surface area contributed by atoms with Gasteiger partial charge in [-0.2, -0.15) is 5.10 Å². The molecule has 1 N–H and O–H groups in total. The quantitative estimate of drug-likeness (QED) is 0.738. The van der Waals surface area contributed by atoms with E-state index in [1.807, 2.05) is 20.0 Å².